The Labute approximate surface area is 105 Å². The maximum atomic E-state index is 11.8. The number of allylic oxidation sites excluding steroid dienone is 1. The molecular formula is C12H17N3O3. The molecule has 1 atom stereocenters. The van der Waals surface area contributed by atoms with Crippen LogP contribution in [-0.2, 0) is 11.8 Å². The van der Waals surface area contributed by atoms with Gasteiger partial charge in [-0.1, -0.05) is 12.2 Å². The number of carboxylic acids is 1. The van der Waals surface area contributed by atoms with Crippen molar-refractivity contribution in [3.8, 4) is 0 Å². The summed E-state index contributed by atoms with van der Waals surface area (Å²) in [5, 5.41) is 15.4. The normalized spacial score (nSPS) is 12.6. The topological polar surface area (TPSA) is 84.2 Å². The van der Waals surface area contributed by atoms with Crippen molar-refractivity contribution in [3.63, 3.8) is 0 Å². The third-order valence-corrected chi connectivity index (χ3v) is 2.56. The van der Waals surface area contributed by atoms with Crippen molar-refractivity contribution in [2.75, 3.05) is 0 Å². The van der Waals surface area contributed by atoms with Crippen molar-refractivity contribution in [2.24, 2.45) is 7.05 Å². The smallest absolute Gasteiger partial charge is 0.326 e. The van der Waals surface area contributed by atoms with Crippen LogP contribution in [0.1, 0.15) is 29.5 Å². The molecule has 0 spiro atoms. The summed E-state index contributed by atoms with van der Waals surface area (Å²) in [6, 6.07) is 0.681. The van der Waals surface area contributed by atoms with Crippen LogP contribution in [0.4, 0.5) is 0 Å². The fourth-order valence-electron chi connectivity index (χ4n) is 1.40. The van der Waals surface area contributed by atoms with E-state index in [0.29, 0.717) is 0 Å². The van der Waals surface area contributed by atoms with E-state index in [2.05, 4.69) is 10.4 Å². The number of rotatable bonds is 5. The number of amides is 1. The van der Waals surface area contributed by atoms with Crippen LogP contribution in [0.15, 0.2) is 18.2 Å². The Kier molecular flexibility index (Phi) is 4.65. The first kappa shape index (κ1) is 14.0. The van der Waals surface area contributed by atoms with Crippen molar-refractivity contribution in [3.05, 3.63) is 29.6 Å². The second-order valence-corrected chi connectivity index (χ2v) is 3.96. The molecule has 2 N–H and O–H groups in total. The fraction of sp³-hybridized carbons (Fsp3) is 0.417. The Morgan fingerprint density at radius 3 is 2.72 bits per heavy atom. The predicted molar refractivity (Wildman–Crippen MR) is 66.3 cm³/mol. The molecule has 0 aliphatic carbocycles. The molecule has 1 unspecified atom stereocenters. The maximum Gasteiger partial charge on any atom is 0.326 e. The molecule has 6 nitrogen and oxygen atoms in total. The fourth-order valence-corrected chi connectivity index (χ4v) is 1.40. The number of aryl methyl sites for hydroxylation is 2. The van der Waals surface area contributed by atoms with Crippen LogP contribution < -0.4 is 5.32 Å². The predicted octanol–water partition coefficient (Wildman–Crippen LogP) is 0.878. The van der Waals surface area contributed by atoms with Crippen molar-refractivity contribution in [1.82, 2.24) is 15.1 Å². The Balaban J connectivity index is 2.75. The number of aromatic nitrogens is 2. The lowest BCUT2D eigenvalue weighted by Gasteiger charge is -2.11. The minimum absolute atomic E-state index is 0.224. The minimum Gasteiger partial charge on any atom is -0.480 e. The minimum atomic E-state index is -1.06. The number of carbonyl (C=O) groups excluding carboxylic acids is 1. The van der Waals surface area contributed by atoms with Crippen LogP contribution in [0.3, 0.4) is 0 Å². The molecule has 0 aliphatic rings. The lowest BCUT2D eigenvalue weighted by molar-refractivity contribution is -0.139. The Morgan fingerprint density at radius 1 is 1.61 bits per heavy atom. The van der Waals surface area contributed by atoms with E-state index < -0.39 is 17.9 Å². The summed E-state index contributed by atoms with van der Waals surface area (Å²) >= 11 is 0. The monoisotopic (exact) mass is 251 g/mol. The molecule has 1 rings (SSSR count). The molecule has 18 heavy (non-hydrogen) atoms. The van der Waals surface area contributed by atoms with Crippen LogP contribution in [0, 0.1) is 6.92 Å². The summed E-state index contributed by atoms with van der Waals surface area (Å²) in [5.74, 6) is -1.54. The average molecular weight is 251 g/mol. The molecule has 1 amide bonds. The van der Waals surface area contributed by atoms with Gasteiger partial charge in [0.2, 0.25) is 0 Å². The first-order valence-corrected chi connectivity index (χ1v) is 5.61. The van der Waals surface area contributed by atoms with Gasteiger partial charge in [-0.3, -0.25) is 9.48 Å². The molecule has 0 saturated carbocycles. The summed E-state index contributed by atoms with van der Waals surface area (Å²) in [6.07, 6.45) is 3.69. The van der Waals surface area contributed by atoms with Gasteiger partial charge in [0.1, 0.15) is 11.7 Å². The molecule has 1 heterocycles. The third-order valence-electron chi connectivity index (χ3n) is 2.56. The molecule has 0 saturated heterocycles. The summed E-state index contributed by atoms with van der Waals surface area (Å²) in [7, 11) is 1.72. The molecule has 1 aromatic heterocycles. The quantitative estimate of drug-likeness (QED) is 0.761. The number of aliphatic carboxylic acids is 1. The van der Waals surface area contributed by atoms with Gasteiger partial charge in [-0.15, -0.1) is 0 Å². The molecule has 0 bridgehead atoms. The van der Waals surface area contributed by atoms with E-state index in [0.717, 1.165) is 5.69 Å². The van der Waals surface area contributed by atoms with Crippen molar-refractivity contribution >= 4 is 11.9 Å². The molecular weight excluding hydrogens is 234 g/mol. The highest BCUT2D eigenvalue weighted by atomic mass is 16.4. The molecule has 0 aromatic carbocycles. The lowest BCUT2D eigenvalue weighted by Crippen LogP contribution is -2.40. The van der Waals surface area contributed by atoms with Gasteiger partial charge < -0.3 is 10.4 Å². The second kappa shape index (κ2) is 6.00. The van der Waals surface area contributed by atoms with Crippen molar-refractivity contribution < 1.29 is 14.7 Å². The zero-order valence-corrected chi connectivity index (χ0v) is 10.7. The van der Waals surface area contributed by atoms with Gasteiger partial charge in [-0.05, 0) is 26.3 Å². The van der Waals surface area contributed by atoms with E-state index >= 15 is 0 Å². The highest BCUT2D eigenvalue weighted by Crippen LogP contribution is 2.03. The first-order chi connectivity index (χ1) is 8.45. The highest BCUT2D eigenvalue weighted by Gasteiger charge is 2.20. The molecule has 98 valence electrons. The maximum absolute atomic E-state index is 11.8. The standard InChI is InChI=1S/C12H17N3O3/c1-4-5-6-9(12(17)18)13-11(16)10-7-8(2)15(3)14-10/h4-5,7,9H,6H2,1-3H3,(H,13,16)(H,17,18)/b5-4+. The Bertz CT molecular complexity index is 457. The van der Waals surface area contributed by atoms with Crippen molar-refractivity contribution in [2.45, 2.75) is 26.3 Å². The first-order valence-electron chi connectivity index (χ1n) is 5.61. The lowest BCUT2D eigenvalue weighted by atomic mass is 10.2. The van der Waals surface area contributed by atoms with E-state index in [9.17, 15) is 9.59 Å². The second-order valence-electron chi connectivity index (χ2n) is 3.96. The number of carbonyl (C=O) groups is 2. The summed E-state index contributed by atoms with van der Waals surface area (Å²) < 4.78 is 1.57. The van der Waals surface area contributed by atoms with E-state index in [-0.39, 0.29) is 12.1 Å². The highest BCUT2D eigenvalue weighted by molar-refractivity contribution is 5.95. The Hall–Kier alpha value is -2.11. The van der Waals surface area contributed by atoms with Gasteiger partial charge in [-0.2, -0.15) is 5.10 Å². The van der Waals surface area contributed by atoms with Gasteiger partial charge in [0.25, 0.3) is 5.91 Å². The van der Waals surface area contributed by atoms with Crippen molar-refractivity contribution in [1.29, 1.82) is 0 Å². The zero-order chi connectivity index (χ0) is 13.7. The SMILES string of the molecule is C/C=C/CC(NC(=O)c1cc(C)n(C)n1)C(=O)O. The molecule has 0 fully saturated rings. The van der Waals surface area contributed by atoms with Crippen LogP contribution in [-0.4, -0.2) is 32.8 Å². The number of carboxylic acid groups (broad SMARTS) is 1. The van der Waals surface area contributed by atoms with Crippen LogP contribution >= 0.6 is 0 Å². The molecule has 0 aliphatic heterocycles. The van der Waals surface area contributed by atoms with Crippen LogP contribution in [0.25, 0.3) is 0 Å². The molecule has 0 radical (unpaired) electrons. The summed E-state index contributed by atoms with van der Waals surface area (Å²) in [5.41, 5.74) is 1.06. The molecule has 1 aromatic rings. The number of hydrogen-bond donors (Lipinski definition) is 2. The van der Waals surface area contributed by atoms with Gasteiger partial charge in [0, 0.05) is 12.7 Å². The van der Waals surface area contributed by atoms with E-state index in [1.54, 1.807) is 36.9 Å². The van der Waals surface area contributed by atoms with E-state index in [1.165, 1.54) is 0 Å². The van der Waals surface area contributed by atoms with Gasteiger partial charge in [-0.25, -0.2) is 4.79 Å². The van der Waals surface area contributed by atoms with Crippen LogP contribution in [0.2, 0.25) is 0 Å². The number of hydrogen-bond acceptors (Lipinski definition) is 3. The third kappa shape index (κ3) is 3.44. The van der Waals surface area contributed by atoms with E-state index in [1.807, 2.05) is 6.92 Å². The van der Waals surface area contributed by atoms with Gasteiger partial charge in [0.05, 0.1) is 0 Å². The average Bonchev–Trinajstić information content (AvgIpc) is 2.64. The Morgan fingerprint density at radius 2 is 2.28 bits per heavy atom. The largest absolute Gasteiger partial charge is 0.480 e. The number of nitrogens with zero attached hydrogens (tertiary/aromatic N) is 2. The van der Waals surface area contributed by atoms with Gasteiger partial charge in [0.15, 0.2) is 0 Å². The van der Waals surface area contributed by atoms with Crippen LogP contribution in [0.5, 0.6) is 0 Å². The zero-order valence-electron chi connectivity index (χ0n) is 10.7. The van der Waals surface area contributed by atoms with E-state index in [4.69, 9.17) is 5.11 Å². The van der Waals surface area contributed by atoms with Gasteiger partial charge >= 0.3 is 5.97 Å². The summed E-state index contributed by atoms with van der Waals surface area (Å²) in [4.78, 5) is 22.8. The number of nitrogens with one attached hydrogen (secondary N) is 1. The summed E-state index contributed by atoms with van der Waals surface area (Å²) in [6.45, 7) is 3.61. The molecule has 6 heteroatoms.